The minimum atomic E-state index is -4.39. The standard InChI is InChI=1S/C13H8F2O4S/c14-10-2-1-3-11(15)12(10)13(16)8-4-6-9(7-5-8)20(17,18)19/h1-7H,(H,17,18,19). The Morgan fingerprint density at radius 1 is 0.950 bits per heavy atom. The van der Waals surface area contributed by atoms with Crippen LogP contribution in [0.5, 0.6) is 0 Å². The molecule has 0 aromatic heterocycles. The van der Waals surface area contributed by atoms with Gasteiger partial charge in [0.1, 0.15) is 11.6 Å². The molecule has 0 amide bonds. The van der Waals surface area contributed by atoms with Gasteiger partial charge in [-0.25, -0.2) is 8.78 Å². The molecule has 20 heavy (non-hydrogen) atoms. The van der Waals surface area contributed by atoms with E-state index in [0.29, 0.717) is 0 Å². The van der Waals surface area contributed by atoms with Crippen LogP contribution in [0, 0.1) is 11.6 Å². The van der Waals surface area contributed by atoms with Gasteiger partial charge < -0.3 is 0 Å². The molecular weight excluding hydrogens is 290 g/mol. The molecule has 0 atom stereocenters. The molecule has 2 aromatic rings. The molecule has 2 aromatic carbocycles. The fourth-order valence-corrected chi connectivity index (χ4v) is 2.12. The maximum absolute atomic E-state index is 13.5. The van der Waals surface area contributed by atoms with Crippen molar-refractivity contribution in [3.05, 3.63) is 65.2 Å². The van der Waals surface area contributed by atoms with Crippen molar-refractivity contribution in [2.75, 3.05) is 0 Å². The van der Waals surface area contributed by atoms with E-state index in [1.165, 1.54) is 0 Å². The summed E-state index contributed by atoms with van der Waals surface area (Å²) in [5.41, 5.74) is -0.812. The van der Waals surface area contributed by atoms with Gasteiger partial charge in [0.2, 0.25) is 0 Å². The van der Waals surface area contributed by atoms with Crippen LogP contribution >= 0.6 is 0 Å². The molecule has 4 nitrogen and oxygen atoms in total. The van der Waals surface area contributed by atoms with Gasteiger partial charge >= 0.3 is 0 Å². The van der Waals surface area contributed by atoms with Crippen molar-refractivity contribution in [3.8, 4) is 0 Å². The molecule has 1 N–H and O–H groups in total. The van der Waals surface area contributed by atoms with Gasteiger partial charge in [0, 0.05) is 5.56 Å². The molecule has 0 spiro atoms. The van der Waals surface area contributed by atoms with Gasteiger partial charge in [0.25, 0.3) is 10.1 Å². The molecule has 0 saturated heterocycles. The van der Waals surface area contributed by atoms with Gasteiger partial charge in [-0.05, 0) is 36.4 Å². The Balaban J connectivity index is 2.45. The molecule has 0 aliphatic carbocycles. The lowest BCUT2D eigenvalue weighted by Crippen LogP contribution is -2.08. The first-order valence-corrected chi connectivity index (χ1v) is 6.81. The molecular formula is C13H8F2O4S. The normalized spacial score (nSPS) is 11.3. The van der Waals surface area contributed by atoms with Crippen molar-refractivity contribution >= 4 is 15.9 Å². The van der Waals surface area contributed by atoms with Gasteiger partial charge in [0.05, 0.1) is 10.5 Å². The summed E-state index contributed by atoms with van der Waals surface area (Å²) in [5, 5.41) is 0. The summed E-state index contributed by atoms with van der Waals surface area (Å²) in [6.07, 6.45) is 0. The van der Waals surface area contributed by atoms with E-state index in [4.69, 9.17) is 4.55 Å². The highest BCUT2D eigenvalue weighted by molar-refractivity contribution is 7.85. The van der Waals surface area contributed by atoms with Crippen LogP contribution in [-0.4, -0.2) is 18.8 Å². The predicted octanol–water partition coefficient (Wildman–Crippen LogP) is 2.44. The molecule has 0 heterocycles. The summed E-state index contributed by atoms with van der Waals surface area (Å²) >= 11 is 0. The zero-order chi connectivity index (χ0) is 14.9. The molecule has 0 aliphatic rings. The van der Waals surface area contributed by atoms with Gasteiger partial charge in [-0.3, -0.25) is 9.35 Å². The largest absolute Gasteiger partial charge is 0.294 e. The summed E-state index contributed by atoms with van der Waals surface area (Å²) < 4.78 is 57.4. The van der Waals surface area contributed by atoms with E-state index in [1.807, 2.05) is 0 Å². The van der Waals surface area contributed by atoms with Crippen LogP contribution in [0.4, 0.5) is 8.78 Å². The van der Waals surface area contributed by atoms with E-state index in [1.54, 1.807) is 0 Å². The Labute approximate surface area is 113 Å². The number of halogens is 2. The first kappa shape index (κ1) is 14.3. The maximum Gasteiger partial charge on any atom is 0.294 e. The number of hydrogen-bond acceptors (Lipinski definition) is 3. The Bertz CT molecular complexity index is 747. The number of ketones is 1. The smallest absolute Gasteiger partial charge is 0.288 e. The van der Waals surface area contributed by atoms with Crippen molar-refractivity contribution in [3.63, 3.8) is 0 Å². The SMILES string of the molecule is O=C(c1ccc(S(=O)(=O)O)cc1)c1c(F)cccc1F. The first-order valence-electron chi connectivity index (χ1n) is 5.37. The van der Waals surface area contributed by atoms with E-state index >= 15 is 0 Å². The van der Waals surface area contributed by atoms with E-state index in [0.717, 1.165) is 42.5 Å². The summed E-state index contributed by atoms with van der Waals surface area (Å²) in [5.74, 6) is -2.93. The first-order chi connectivity index (χ1) is 9.30. The number of benzene rings is 2. The second kappa shape index (κ2) is 5.10. The second-order valence-electron chi connectivity index (χ2n) is 3.93. The molecule has 104 valence electrons. The third-order valence-electron chi connectivity index (χ3n) is 2.60. The highest BCUT2D eigenvalue weighted by Crippen LogP contribution is 2.18. The van der Waals surface area contributed by atoms with E-state index in [2.05, 4.69) is 0 Å². The Morgan fingerprint density at radius 2 is 1.45 bits per heavy atom. The lowest BCUT2D eigenvalue weighted by molar-refractivity contribution is 0.103. The van der Waals surface area contributed by atoms with E-state index in [9.17, 15) is 22.0 Å². The minimum absolute atomic E-state index is 0.0959. The molecule has 0 unspecified atom stereocenters. The number of carbonyl (C=O) groups excluding carboxylic acids is 1. The third kappa shape index (κ3) is 2.73. The summed E-state index contributed by atoms with van der Waals surface area (Å²) in [6.45, 7) is 0. The molecule has 0 saturated carbocycles. The molecule has 0 bridgehead atoms. The van der Waals surface area contributed by atoms with E-state index in [-0.39, 0.29) is 5.56 Å². The van der Waals surface area contributed by atoms with Crippen LogP contribution in [0.1, 0.15) is 15.9 Å². The lowest BCUT2D eigenvalue weighted by atomic mass is 10.0. The van der Waals surface area contributed by atoms with E-state index < -0.39 is 38.0 Å². The average molecular weight is 298 g/mol. The molecule has 0 radical (unpaired) electrons. The quantitative estimate of drug-likeness (QED) is 0.698. The lowest BCUT2D eigenvalue weighted by Gasteiger charge is -2.04. The van der Waals surface area contributed by atoms with Crippen molar-refractivity contribution in [1.29, 1.82) is 0 Å². The van der Waals surface area contributed by atoms with Crippen LogP contribution in [0.15, 0.2) is 47.4 Å². The monoisotopic (exact) mass is 298 g/mol. The second-order valence-corrected chi connectivity index (χ2v) is 5.35. The van der Waals surface area contributed by atoms with Crippen LogP contribution in [-0.2, 0) is 10.1 Å². The third-order valence-corrected chi connectivity index (χ3v) is 3.47. The highest BCUT2D eigenvalue weighted by atomic mass is 32.2. The summed E-state index contributed by atoms with van der Waals surface area (Å²) in [7, 11) is -4.39. The number of carbonyl (C=O) groups is 1. The number of hydrogen-bond donors (Lipinski definition) is 1. The van der Waals surface area contributed by atoms with Gasteiger partial charge in [0.15, 0.2) is 5.78 Å². The molecule has 7 heteroatoms. The Hall–Kier alpha value is -2.12. The van der Waals surface area contributed by atoms with Crippen LogP contribution in [0.25, 0.3) is 0 Å². The average Bonchev–Trinajstić information content (AvgIpc) is 2.37. The number of rotatable bonds is 3. The Morgan fingerprint density at radius 3 is 1.90 bits per heavy atom. The topological polar surface area (TPSA) is 71.4 Å². The predicted molar refractivity (Wildman–Crippen MR) is 66.0 cm³/mol. The molecule has 2 rings (SSSR count). The summed E-state index contributed by atoms with van der Waals surface area (Å²) in [6, 6.07) is 7.10. The van der Waals surface area contributed by atoms with Crippen LogP contribution < -0.4 is 0 Å². The van der Waals surface area contributed by atoms with Crippen molar-refractivity contribution in [2.24, 2.45) is 0 Å². The Kier molecular flexibility index (Phi) is 3.65. The zero-order valence-electron chi connectivity index (χ0n) is 9.88. The summed E-state index contributed by atoms with van der Waals surface area (Å²) in [4.78, 5) is 11.5. The van der Waals surface area contributed by atoms with Crippen molar-refractivity contribution in [2.45, 2.75) is 4.90 Å². The fourth-order valence-electron chi connectivity index (χ4n) is 1.64. The van der Waals surface area contributed by atoms with Gasteiger partial charge in [-0.1, -0.05) is 6.07 Å². The molecule has 0 fully saturated rings. The molecule has 0 aliphatic heterocycles. The van der Waals surface area contributed by atoms with Crippen molar-refractivity contribution < 1.29 is 26.5 Å². The van der Waals surface area contributed by atoms with Gasteiger partial charge in [-0.15, -0.1) is 0 Å². The van der Waals surface area contributed by atoms with Crippen LogP contribution in [0.2, 0.25) is 0 Å². The maximum atomic E-state index is 13.5. The fraction of sp³-hybridized carbons (Fsp3) is 0. The minimum Gasteiger partial charge on any atom is -0.288 e. The zero-order valence-corrected chi connectivity index (χ0v) is 10.7. The van der Waals surface area contributed by atoms with Crippen molar-refractivity contribution in [1.82, 2.24) is 0 Å². The van der Waals surface area contributed by atoms with Gasteiger partial charge in [-0.2, -0.15) is 8.42 Å². The highest BCUT2D eigenvalue weighted by Gasteiger charge is 2.19. The van der Waals surface area contributed by atoms with Crippen LogP contribution in [0.3, 0.4) is 0 Å².